The molecule has 0 aromatic carbocycles. The summed E-state index contributed by atoms with van der Waals surface area (Å²) in [6.07, 6.45) is 2.43. The van der Waals surface area contributed by atoms with Crippen molar-refractivity contribution in [3.8, 4) is 6.07 Å². The number of anilines is 1. The van der Waals surface area contributed by atoms with Crippen LogP contribution in [0.25, 0.3) is 0 Å². The third-order valence-electron chi connectivity index (χ3n) is 3.74. The van der Waals surface area contributed by atoms with Crippen molar-refractivity contribution >= 4 is 21.7 Å². The SMILES string of the molecule is CC1CN(c2nc(C3CC3)c(Br)cc2C#N)CCN1. The van der Waals surface area contributed by atoms with Crippen LogP contribution < -0.4 is 10.2 Å². The fourth-order valence-corrected chi connectivity index (χ4v) is 3.23. The predicted molar refractivity (Wildman–Crippen MR) is 78.3 cm³/mol. The summed E-state index contributed by atoms with van der Waals surface area (Å²) in [5.74, 6) is 1.45. The Morgan fingerprint density at radius 1 is 1.53 bits per heavy atom. The molecule has 1 N–H and O–H groups in total. The molecule has 2 aliphatic rings. The maximum Gasteiger partial charge on any atom is 0.147 e. The molecule has 1 aliphatic carbocycles. The van der Waals surface area contributed by atoms with Gasteiger partial charge in [-0.3, -0.25) is 0 Å². The average Bonchev–Trinajstić information content (AvgIpc) is 3.22. The van der Waals surface area contributed by atoms with Crippen LogP contribution in [0.5, 0.6) is 0 Å². The van der Waals surface area contributed by atoms with Gasteiger partial charge in [-0.1, -0.05) is 0 Å². The first-order valence-corrected chi connectivity index (χ1v) is 7.57. The van der Waals surface area contributed by atoms with Crippen molar-refractivity contribution in [2.75, 3.05) is 24.5 Å². The molecule has 0 radical (unpaired) electrons. The Balaban J connectivity index is 1.98. The molecule has 19 heavy (non-hydrogen) atoms. The molecule has 1 aromatic heterocycles. The van der Waals surface area contributed by atoms with E-state index in [0.717, 1.165) is 35.6 Å². The Bertz CT molecular complexity index is 533. The molecular formula is C14H17BrN4. The molecule has 1 saturated heterocycles. The van der Waals surface area contributed by atoms with Gasteiger partial charge in [0.15, 0.2) is 0 Å². The van der Waals surface area contributed by atoms with Crippen LogP contribution in [-0.4, -0.2) is 30.7 Å². The first-order valence-electron chi connectivity index (χ1n) is 6.78. The lowest BCUT2D eigenvalue weighted by Crippen LogP contribution is -2.49. The summed E-state index contributed by atoms with van der Waals surface area (Å²) in [4.78, 5) is 7.03. The van der Waals surface area contributed by atoms with Gasteiger partial charge in [0.05, 0.1) is 11.3 Å². The van der Waals surface area contributed by atoms with E-state index < -0.39 is 0 Å². The summed E-state index contributed by atoms with van der Waals surface area (Å²) in [5, 5.41) is 12.8. The van der Waals surface area contributed by atoms with Crippen molar-refractivity contribution in [2.45, 2.75) is 31.7 Å². The van der Waals surface area contributed by atoms with Gasteiger partial charge >= 0.3 is 0 Å². The van der Waals surface area contributed by atoms with Crippen LogP contribution in [0.3, 0.4) is 0 Å². The van der Waals surface area contributed by atoms with Gasteiger partial charge < -0.3 is 10.2 Å². The molecule has 1 aliphatic heterocycles. The Kier molecular flexibility index (Phi) is 3.46. The second-order valence-corrected chi connectivity index (χ2v) is 6.27. The molecule has 2 fully saturated rings. The van der Waals surface area contributed by atoms with Crippen molar-refractivity contribution in [1.82, 2.24) is 10.3 Å². The van der Waals surface area contributed by atoms with Gasteiger partial charge in [-0.25, -0.2) is 4.98 Å². The number of piperazine rings is 1. The minimum absolute atomic E-state index is 0.440. The minimum atomic E-state index is 0.440. The topological polar surface area (TPSA) is 52.0 Å². The number of nitriles is 1. The lowest BCUT2D eigenvalue weighted by Gasteiger charge is -2.33. The summed E-state index contributed by atoms with van der Waals surface area (Å²) in [7, 11) is 0. The third-order valence-corrected chi connectivity index (χ3v) is 4.37. The molecule has 2 heterocycles. The van der Waals surface area contributed by atoms with E-state index in [9.17, 15) is 5.26 Å². The Morgan fingerprint density at radius 2 is 2.32 bits per heavy atom. The standard InChI is InChI=1S/C14H17BrN4/c1-9-8-19(5-4-17-9)14-11(7-16)6-12(15)13(18-14)10-2-3-10/h6,9-10,17H,2-5,8H2,1H3. The van der Waals surface area contributed by atoms with Gasteiger partial charge in [0.1, 0.15) is 11.9 Å². The molecule has 4 nitrogen and oxygen atoms in total. The molecule has 0 bridgehead atoms. The minimum Gasteiger partial charge on any atom is -0.353 e. The highest BCUT2D eigenvalue weighted by Gasteiger charge is 2.29. The summed E-state index contributed by atoms with van der Waals surface area (Å²) in [5.41, 5.74) is 1.80. The van der Waals surface area contributed by atoms with Crippen LogP contribution in [0.1, 0.15) is 36.9 Å². The van der Waals surface area contributed by atoms with E-state index in [1.165, 1.54) is 12.8 Å². The quantitative estimate of drug-likeness (QED) is 0.909. The highest BCUT2D eigenvalue weighted by atomic mass is 79.9. The zero-order valence-electron chi connectivity index (χ0n) is 11.0. The summed E-state index contributed by atoms with van der Waals surface area (Å²) >= 11 is 3.55. The zero-order chi connectivity index (χ0) is 13.4. The van der Waals surface area contributed by atoms with E-state index in [0.29, 0.717) is 17.5 Å². The Hall–Kier alpha value is -1.12. The molecule has 1 aromatic rings. The van der Waals surface area contributed by atoms with Gasteiger partial charge in [0.2, 0.25) is 0 Å². The third kappa shape index (κ3) is 2.60. The highest BCUT2D eigenvalue weighted by molar-refractivity contribution is 9.10. The molecule has 1 saturated carbocycles. The van der Waals surface area contributed by atoms with Crippen molar-refractivity contribution in [1.29, 1.82) is 5.26 Å². The lowest BCUT2D eigenvalue weighted by molar-refractivity contribution is 0.482. The maximum absolute atomic E-state index is 9.33. The summed E-state index contributed by atoms with van der Waals surface area (Å²) in [6.45, 7) is 4.94. The second kappa shape index (κ2) is 5.10. The van der Waals surface area contributed by atoms with E-state index in [2.05, 4.69) is 39.1 Å². The number of hydrogen-bond donors (Lipinski definition) is 1. The number of nitrogens with zero attached hydrogens (tertiary/aromatic N) is 3. The van der Waals surface area contributed by atoms with Crippen LogP contribution in [0.4, 0.5) is 5.82 Å². The second-order valence-electron chi connectivity index (χ2n) is 5.41. The van der Waals surface area contributed by atoms with Gasteiger partial charge in [0, 0.05) is 36.1 Å². The van der Waals surface area contributed by atoms with E-state index in [1.807, 2.05) is 6.07 Å². The van der Waals surface area contributed by atoms with E-state index >= 15 is 0 Å². The number of nitrogens with one attached hydrogen (secondary N) is 1. The molecule has 3 rings (SSSR count). The fourth-order valence-electron chi connectivity index (χ4n) is 2.58. The smallest absolute Gasteiger partial charge is 0.147 e. The average molecular weight is 321 g/mol. The van der Waals surface area contributed by atoms with Gasteiger partial charge in [0.25, 0.3) is 0 Å². The molecule has 100 valence electrons. The summed E-state index contributed by atoms with van der Waals surface area (Å²) < 4.78 is 0.985. The Morgan fingerprint density at radius 3 is 2.95 bits per heavy atom. The summed E-state index contributed by atoms with van der Waals surface area (Å²) in [6, 6.07) is 4.65. The van der Waals surface area contributed by atoms with Crippen molar-refractivity contribution in [3.63, 3.8) is 0 Å². The number of aromatic nitrogens is 1. The largest absolute Gasteiger partial charge is 0.353 e. The van der Waals surface area contributed by atoms with Gasteiger partial charge in [-0.15, -0.1) is 0 Å². The Labute approximate surface area is 121 Å². The number of pyridine rings is 1. The van der Waals surface area contributed by atoms with E-state index in [4.69, 9.17) is 4.98 Å². The molecule has 0 spiro atoms. The number of rotatable bonds is 2. The lowest BCUT2D eigenvalue weighted by atomic mass is 10.1. The van der Waals surface area contributed by atoms with E-state index in [-0.39, 0.29) is 0 Å². The van der Waals surface area contributed by atoms with Crippen LogP contribution >= 0.6 is 15.9 Å². The van der Waals surface area contributed by atoms with E-state index in [1.54, 1.807) is 0 Å². The molecular weight excluding hydrogens is 304 g/mol. The number of hydrogen-bond acceptors (Lipinski definition) is 4. The highest BCUT2D eigenvalue weighted by Crippen LogP contribution is 2.43. The zero-order valence-corrected chi connectivity index (χ0v) is 12.6. The molecule has 1 atom stereocenters. The van der Waals surface area contributed by atoms with Crippen LogP contribution in [-0.2, 0) is 0 Å². The van der Waals surface area contributed by atoms with Crippen LogP contribution in [0.15, 0.2) is 10.5 Å². The van der Waals surface area contributed by atoms with Crippen LogP contribution in [0, 0.1) is 11.3 Å². The van der Waals surface area contributed by atoms with Gasteiger partial charge in [-0.2, -0.15) is 5.26 Å². The fraction of sp³-hybridized carbons (Fsp3) is 0.571. The predicted octanol–water partition coefficient (Wildman–Crippen LogP) is 2.39. The van der Waals surface area contributed by atoms with Gasteiger partial charge in [-0.05, 0) is 41.8 Å². The molecule has 5 heteroatoms. The van der Waals surface area contributed by atoms with Crippen LogP contribution in [0.2, 0.25) is 0 Å². The first kappa shape index (κ1) is 12.9. The molecule has 0 amide bonds. The monoisotopic (exact) mass is 320 g/mol. The van der Waals surface area contributed by atoms with Crippen molar-refractivity contribution in [2.24, 2.45) is 0 Å². The van der Waals surface area contributed by atoms with Crippen molar-refractivity contribution < 1.29 is 0 Å². The first-order chi connectivity index (χ1) is 9.19. The van der Waals surface area contributed by atoms with Crippen molar-refractivity contribution in [3.05, 3.63) is 21.8 Å². The normalized spacial score (nSPS) is 23.2. The molecule has 1 unspecified atom stereocenters. The number of halogens is 1. The maximum atomic E-state index is 9.33.